The van der Waals surface area contributed by atoms with Gasteiger partial charge in [0, 0.05) is 38.8 Å². The second kappa shape index (κ2) is 6.99. The van der Waals surface area contributed by atoms with Crippen LogP contribution in [0.3, 0.4) is 0 Å². The maximum atomic E-state index is 11.5. The number of thiocarbonyl (C=S) groups is 1. The second-order valence-electron chi connectivity index (χ2n) is 5.57. The lowest BCUT2D eigenvalue weighted by atomic mass is 10.1. The Morgan fingerprint density at radius 2 is 2.12 bits per heavy atom. The molecule has 130 valence electrons. The van der Waals surface area contributed by atoms with Crippen LogP contribution < -0.4 is 10.2 Å². The van der Waals surface area contributed by atoms with E-state index in [1.165, 1.54) is 10.6 Å². The van der Waals surface area contributed by atoms with E-state index in [9.17, 15) is 8.42 Å². The quantitative estimate of drug-likeness (QED) is 0.581. The summed E-state index contributed by atoms with van der Waals surface area (Å²) in [5.74, 6) is 0.719. The normalized spacial score (nSPS) is 20.4. The molecule has 0 atom stereocenters. The van der Waals surface area contributed by atoms with Gasteiger partial charge >= 0.3 is 0 Å². The summed E-state index contributed by atoms with van der Waals surface area (Å²) in [4.78, 5) is 6.22. The van der Waals surface area contributed by atoms with Crippen LogP contribution in [0, 0.1) is 0 Å². The molecule has 3 heterocycles. The molecular formula is C14H19N5O3S2. The van der Waals surface area contributed by atoms with Crippen LogP contribution >= 0.6 is 12.2 Å². The summed E-state index contributed by atoms with van der Waals surface area (Å²) >= 11 is 5.36. The zero-order chi connectivity index (χ0) is 17.2. The number of aromatic nitrogens is 1. The van der Waals surface area contributed by atoms with Gasteiger partial charge in [0.1, 0.15) is 11.4 Å². The maximum Gasteiger partial charge on any atom is 0.211 e. The van der Waals surface area contributed by atoms with E-state index >= 15 is 0 Å². The number of piperazine rings is 1. The van der Waals surface area contributed by atoms with Crippen LogP contribution in [0.5, 0.6) is 5.75 Å². The first kappa shape index (κ1) is 17.1. The first-order valence-electron chi connectivity index (χ1n) is 7.60. The maximum absolute atomic E-state index is 11.5. The average Bonchev–Trinajstić information content (AvgIpc) is 2.59. The summed E-state index contributed by atoms with van der Waals surface area (Å²) in [5, 5.41) is 4.86. The topological polar surface area (TPSA) is 87.1 Å². The highest BCUT2D eigenvalue weighted by Crippen LogP contribution is 2.21. The van der Waals surface area contributed by atoms with Crippen molar-refractivity contribution < 1.29 is 13.2 Å². The Morgan fingerprint density at radius 3 is 2.83 bits per heavy atom. The highest BCUT2D eigenvalue weighted by molar-refractivity contribution is 7.88. The second-order valence-corrected chi connectivity index (χ2v) is 7.94. The Labute approximate surface area is 146 Å². The van der Waals surface area contributed by atoms with E-state index in [1.807, 2.05) is 17.0 Å². The summed E-state index contributed by atoms with van der Waals surface area (Å²) in [6.45, 7) is 2.49. The molecule has 0 amide bonds. The van der Waals surface area contributed by atoms with Gasteiger partial charge in [-0.25, -0.2) is 8.42 Å². The van der Waals surface area contributed by atoms with Crippen molar-refractivity contribution in [1.29, 1.82) is 0 Å². The Kier molecular flexibility index (Phi) is 4.97. The fourth-order valence-electron chi connectivity index (χ4n) is 2.62. The third-order valence-electron chi connectivity index (χ3n) is 3.92. The van der Waals surface area contributed by atoms with Gasteiger partial charge in [-0.3, -0.25) is 10.4 Å². The van der Waals surface area contributed by atoms with Crippen LogP contribution in [0.1, 0.15) is 12.1 Å². The van der Waals surface area contributed by atoms with E-state index in [2.05, 4.69) is 15.5 Å². The fourth-order valence-corrected chi connectivity index (χ4v) is 3.67. The summed E-state index contributed by atoms with van der Waals surface area (Å²) in [7, 11) is -3.14. The zero-order valence-corrected chi connectivity index (χ0v) is 14.9. The molecule has 0 radical (unpaired) electrons. The molecule has 8 nitrogen and oxygen atoms in total. The van der Waals surface area contributed by atoms with Crippen molar-refractivity contribution >= 4 is 33.1 Å². The minimum absolute atomic E-state index is 0.426. The minimum atomic E-state index is -3.14. The smallest absolute Gasteiger partial charge is 0.211 e. The summed E-state index contributed by atoms with van der Waals surface area (Å²) in [6.07, 6.45) is 3.58. The van der Waals surface area contributed by atoms with Crippen molar-refractivity contribution in [2.24, 2.45) is 5.10 Å². The monoisotopic (exact) mass is 369 g/mol. The largest absolute Gasteiger partial charge is 0.491 e. The van der Waals surface area contributed by atoms with E-state index in [0.29, 0.717) is 44.3 Å². The van der Waals surface area contributed by atoms with E-state index < -0.39 is 10.0 Å². The van der Waals surface area contributed by atoms with E-state index in [-0.39, 0.29) is 0 Å². The SMILES string of the molecule is CS(=O)(=O)N1CCN(C(=S)N/N=C2/CCOc3cccnc32)CC1. The zero-order valence-electron chi connectivity index (χ0n) is 13.3. The molecule has 1 aromatic rings. The molecule has 1 fully saturated rings. The minimum Gasteiger partial charge on any atom is -0.491 e. The summed E-state index contributed by atoms with van der Waals surface area (Å²) in [6, 6.07) is 3.68. The van der Waals surface area contributed by atoms with Crippen LogP contribution in [0.25, 0.3) is 0 Å². The van der Waals surface area contributed by atoms with Gasteiger partial charge in [0.2, 0.25) is 10.0 Å². The molecule has 0 saturated carbocycles. The molecule has 2 aliphatic heterocycles. The molecule has 0 aliphatic carbocycles. The van der Waals surface area contributed by atoms with Gasteiger partial charge < -0.3 is 9.64 Å². The standard InChI is InChI=1S/C14H19N5O3S2/c1-24(20,21)19-8-6-18(7-9-19)14(23)17-16-11-4-10-22-12-3-2-5-15-13(11)12/h2-3,5H,4,6-10H2,1H3,(H,17,23)/b16-11-. The van der Waals surface area contributed by atoms with Gasteiger partial charge in [0.25, 0.3) is 0 Å². The van der Waals surface area contributed by atoms with Gasteiger partial charge in [0.15, 0.2) is 5.11 Å². The van der Waals surface area contributed by atoms with Crippen LogP contribution in [0.4, 0.5) is 0 Å². The number of nitrogens with one attached hydrogen (secondary N) is 1. The van der Waals surface area contributed by atoms with Gasteiger partial charge in [0.05, 0.1) is 18.6 Å². The van der Waals surface area contributed by atoms with Gasteiger partial charge in [-0.15, -0.1) is 0 Å². The molecule has 10 heteroatoms. The van der Waals surface area contributed by atoms with E-state index in [0.717, 1.165) is 17.2 Å². The molecule has 1 saturated heterocycles. The molecule has 0 unspecified atom stereocenters. The van der Waals surface area contributed by atoms with Crippen molar-refractivity contribution in [2.45, 2.75) is 6.42 Å². The number of rotatable bonds is 2. The summed E-state index contributed by atoms with van der Waals surface area (Å²) in [5.41, 5.74) is 4.42. The van der Waals surface area contributed by atoms with Crippen molar-refractivity contribution in [1.82, 2.24) is 19.6 Å². The molecule has 3 rings (SSSR count). The third kappa shape index (κ3) is 3.82. The lowest BCUT2D eigenvalue weighted by Crippen LogP contribution is -2.52. The van der Waals surface area contributed by atoms with Crippen molar-refractivity contribution in [3.63, 3.8) is 0 Å². The predicted molar refractivity (Wildman–Crippen MR) is 94.6 cm³/mol. The van der Waals surface area contributed by atoms with Crippen LogP contribution in [0.2, 0.25) is 0 Å². The fraction of sp³-hybridized carbons (Fsp3) is 0.500. The Hall–Kier alpha value is -1.78. The van der Waals surface area contributed by atoms with E-state index in [4.69, 9.17) is 17.0 Å². The predicted octanol–water partition coefficient (Wildman–Crippen LogP) is 0.0199. The Balaban J connectivity index is 1.61. The molecular weight excluding hydrogens is 350 g/mol. The number of ether oxygens (including phenoxy) is 1. The van der Waals surface area contributed by atoms with E-state index in [1.54, 1.807) is 6.20 Å². The summed E-state index contributed by atoms with van der Waals surface area (Å²) < 4.78 is 30.1. The number of sulfonamides is 1. The van der Waals surface area contributed by atoms with Gasteiger partial charge in [-0.2, -0.15) is 9.41 Å². The molecule has 24 heavy (non-hydrogen) atoms. The van der Waals surface area contributed by atoms with Crippen LogP contribution in [-0.2, 0) is 10.0 Å². The number of hydrogen-bond donors (Lipinski definition) is 1. The third-order valence-corrected chi connectivity index (χ3v) is 5.57. The molecule has 0 spiro atoms. The number of pyridine rings is 1. The van der Waals surface area contributed by atoms with Gasteiger partial charge in [-0.05, 0) is 24.4 Å². The molecule has 1 aromatic heterocycles. The Morgan fingerprint density at radius 1 is 1.38 bits per heavy atom. The molecule has 0 bridgehead atoms. The van der Waals surface area contributed by atoms with Crippen molar-refractivity contribution in [3.8, 4) is 5.75 Å². The number of hydrazone groups is 1. The van der Waals surface area contributed by atoms with Crippen LogP contribution in [0.15, 0.2) is 23.4 Å². The lowest BCUT2D eigenvalue weighted by Gasteiger charge is -2.34. The van der Waals surface area contributed by atoms with Crippen LogP contribution in [-0.4, -0.2) is 72.5 Å². The Bertz CT molecular complexity index is 757. The van der Waals surface area contributed by atoms with Crippen molar-refractivity contribution in [3.05, 3.63) is 24.0 Å². The number of fused-ring (bicyclic) bond motifs is 1. The highest BCUT2D eigenvalue weighted by atomic mass is 32.2. The lowest BCUT2D eigenvalue weighted by molar-refractivity contribution is 0.265. The van der Waals surface area contributed by atoms with Crippen molar-refractivity contribution in [2.75, 3.05) is 39.0 Å². The molecule has 1 N–H and O–H groups in total. The first-order valence-corrected chi connectivity index (χ1v) is 9.85. The van der Waals surface area contributed by atoms with Gasteiger partial charge in [-0.1, -0.05) is 0 Å². The average molecular weight is 369 g/mol. The molecule has 2 aliphatic rings. The first-order chi connectivity index (χ1) is 11.4. The number of nitrogens with zero attached hydrogens (tertiary/aromatic N) is 4. The number of hydrogen-bond acceptors (Lipinski definition) is 6. The molecule has 0 aromatic carbocycles. The highest BCUT2D eigenvalue weighted by Gasteiger charge is 2.25.